The fourth-order valence-corrected chi connectivity index (χ4v) is 3.90. The monoisotopic (exact) mass is 529 g/mol. The summed E-state index contributed by atoms with van der Waals surface area (Å²) < 4.78 is 5.11. The van der Waals surface area contributed by atoms with Crippen molar-refractivity contribution in [3.8, 4) is 5.75 Å². The summed E-state index contributed by atoms with van der Waals surface area (Å²) in [6, 6.07) is 11.3. The van der Waals surface area contributed by atoms with E-state index in [1.807, 2.05) is 0 Å². The summed E-state index contributed by atoms with van der Waals surface area (Å²) in [5.74, 6) is 1.52. The summed E-state index contributed by atoms with van der Waals surface area (Å²) in [6.07, 6.45) is 0. The summed E-state index contributed by atoms with van der Waals surface area (Å²) in [6.45, 7) is 4.97. The summed E-state index contributed by atoms with van der Waals surface area (Å²) in [7, 11) is 3.40. The van der Waals surface area contributed by atoms with Crippen LogP contribution in [0.3, 0.4) is 0 Å². The number of guanidine groups is 1. The van der Waals surface area contributed by atoms with Crippen LogP contribution in [-0.4, -0.2) is 70.2 Å². The van der Waals surface area contributed by atoms with Crippen LogP contribution >= 0.6 is 35.3 Å². The Kier molecular flexibility index (Phi) is 9.52. The van der Waals surface area contributed by atoms with Crippen LogP contribution in [-0.2, 0) is 0 Å². The lowest BCUT2D eigenvalue weighted by Crippen LogP contribution is -2.53. The molecular formula is C20H28IN5O2S. The van der Waals surface area contributed by atoms with E-state index >= 15 is 0 Å². The third-order valence-corrected chi connectivity index (χ3v) is 5.58. The van der Waals surface area contributed by atoms with E-state index in [-0.39, 0.29) is 29.9 Å². The Labute approximate surface area is 193 Å². The molecule has 0 unspecified atom stereocenters. The van der Waals surface area contributed by atoms with E-state index in [2.05, 4.69) is 42.9 Å². The van der Waals surface area contributed by atoms with Crippen molar-refractivity contribution >= 4 is 52.2 Å². The zero-order valence-corrected chi connectivity index (χ0v) is 19.9. The number of hydrogen-bond acceptors (Lipinski definition) is 5. The molecule has 2 aromatic rings. The number of thiophene rings is 1. The highest BCUT2D eigenvalue weighted by Crippen LogP contribution is 2.22. The van der Waals surface area contributed by atoms with Crippen molar-refractivity contribution < 1.29 is 9.53 Å². The molecule has 2 N–H and O–H groups in total. The molecule has 0 bridgehead atoms. The number of carbonyl (C=O) groups is 1. The number of benzene rings is 1. The Hall–Kier alpha value is -2.01. The molecule has 1 aliphatic rings. The second-order valence-electron chi connectivity index (χ2n) is 6.38. The van der Waals surface area contributed by atoms with Crippen molar-refractivity contribution in [3.05, 3.63) is 47.3 Å². The van der Waals surface area contributed by atoms with Gasteiger partial charge in [0.05, 0.1) is 12.1 Å². The molecule has 9 heteroatoms. The number of rotatable bonds is 6. The average Bonchev–Trinajstić information content (AvgIpc) is 3.29. The minimum atomic E-state index is -0.0935. The van der Waals surface area contributed by atoms with Gasteiger partial charge in [0.2, 0.25) is 0 Å². The van der Waals surface area contributed by atoms with Crippen LogP contribution in [0.1, 0.15) is 10.4 Å². The molecule has 7 nitrogen and oxygen atoms in total. The lowest BCUT2D eigenvalue weighted by Gasteiger charge is -2.37. The van der Waals surface area contributed by atoms with Gasteiger partial charge in [0.1, 0.15) is 5.75 Å². The first kappa shape index (κ1) is 23.3. The van der Waals surface area contributed by atoms with Gasteiger partial charge in [-0.1, -0.05) is 0 Å². The Bertz CT molecular complexity index is 775. The van der Waals surface area contributed by atoms with Gasteiger partial charge in [-0.05, 0) is 41.8 Å². The van der Waals surface area contributed by atoms with E-state index in [0.717, 1.165) is 37.9 Å². The van der Waals surface area contributed by atoms with Gasteiger partial charge >= 0.3 is 0 Å². The first-order chi connectivity index (χ1) is 13.7. The molecule has 0 spiro atoms. The maximum atomic E-state index is 12.2. The van der Waals surface area contributed by atoms with Crippen molar-refractivity contribution in [1.82, 2.24) is 15.5 Å². The smallest absolute Gasteiger partial charge is 0.251 e. The number of nitrogens with zero attached hydrogens (tertiary/aromatic N) is 3. The van der Waals surface area contributed by atoms with Crippen LogP contribution in [0.2, 0.25) is 0 Å². The second-order valence-corrected chi connectivity index (χ2v) is 7.31. The highest BCUT2D eigenvalue weighted by molar-refractivity contribution is 14.0. The maximum Gasteiger partial charge on any atom is 0.251 e. The maximum absolute atomic E-state index is 12.2. The van der Waals surface area contributed by atoms with Crippen LogP contribution in [0.4, 0.5) is 5.00 Å². The Morgan fingerprint density at radius 2 is 1.79 bits per heavy atom. The lowest BCUT2D eigenvalue weighted by atomic mass is 10.2. The third kappa shape index (κ3) is 6.49. The highest BCUT2D eigenvalue weighted by atomic mass is 127. The number of nitrogens with one attached hydrogen (secondary N) is 2. The number of hydrogen-bond donors (Lipinski definition) is 2. The predicted molar refractivity (Wildman–Crippen MR) is 130 cm³/mol. The van der Waals surface area contributed by atoms with Crippen LogP contribution in [0.15, 0.2) is 46.8 Å². The molecule has 3 rings (SSSR count). The highest BCUT2D eigenvalue weighted by Gasteiger charge is 2.20. The van der Waals surface area contributed by atoms with Crippen molar-refractivity contribution in [2.24, 2.45) is 4.99 Å². The molecule has 1 fully saturated rings. The SMILES string of the molecule is CN=C(NCCNC(=O)c1ccc(OC)cc1)N1CCN(c2cccs2)CC1.I. The van der Waals surface area contributed by atoms with Crippen LogP contribution in [0.5, 0.6) is 5.75 Å². The second kappa shape index (κ2) is 11.9. The number of piperazine rings is 1. The minimum absolute atomic E-state index is 0. The van der Waals surface area contributed by atoms with Gasteiger partial charge in [0.15, 0.2) is 5.96 Å². The lowest BCUT2D eigenvalue weighted by molar-refractivity contribution is 0.0954. The molecular weight excluding hydrogens is 501 g/mol. The van der Waals surface area contributed by atoms with Gasteiger partial charge < -0.3 is 25.2 Å². The standard InChI is InChI=1S/C20H27N5O2S.HI/c1-21-20(25-13-11-24(12-14-25)18-4-3-15-28-18)23-10-9-22-19(26)16-5-7-17(27-2)8-6-16;/h3-8,15H,9-14H2,1-2H3,(H,21,23)(H,22,26);1H. The quantitative estimate of drug-likeness (QED) is 0.261. The van der Waals surface area contributed by atoms with Crippen molar-refractivity contribution in [1.29, 1.82) is 0 Å². The molecule has 0 aliphatic carbocycles. The molecule has 1 saturated heterocycles. The number of amides is 1. The Morgan fingerprint density at radius 3 is 2.38 bits per heavy atom. The normalized spacial score (nSPS) is 14.2. The van der Waals surface area contributed by atoms with Crippen LogP contribution in [0.25, 0.3) is 0 Å². The van der Waals surface area contributed by atoms with Gasteiger partial charge in [-0.15, -0.1) is 35.3 Å². The average molecular weight is 529 g/mol. The molecule has 0 atom stereocenters. The molecule has 0 saturated carbocycles. The van der Waals surface area contributed by atoms with Crippen molar-refractivity contribution in [2.45, 2.75) is 0 Å². The molecule has 1 amide bonds. The van der Waals surface area contributed by atoms with Gasteiger partial charge in [-0.2, -0.15) is 0 Å². The summed E-state index contributed by atoms with van der Waals surface area (Å²) in [5.41, 5.74) is 0.620. The fraction of sp³-hybridized carbons (Fsp3) is 0.400. The number of aliphatic imine (C=N–C) groups is 1. The van der Waals surface area contributed by atoms with Gasteiger partial charge in [-0.25, -0.2) is 0 Å². The zero-order valence-electron chi connectivity index (χ0n) is 16.8. The predicted octanol–water partition coefficient (Wildman–Crippen LogP) is 2.50. The molecule has 1 aromatic carbocycles. The third-order valence-electron chi connectivity index (χ3n) is 4.65. The minimum Gasteiger partial charge on any atom is -0.497 e. The molecule has 1 aliphatic heterocycles. The zero-order chi connectivity index (χ0) is 19.8. The number of halogens is 1. The number of carbonyl (C=O) groups excluding carboxylic acids is 1. The van der Waals surface area contributed by atoms with E-state index in [1.165, 1.54) is 5.00 Å². The van der Waals surface area contributed by atoms with E-state index in [1.54, 1.807) is 49.8 Å². The van der Waals surface area contributed by atoms with E-state index in [0.29, 0.717) is 18.7 Å². The Balaban J connectivity index is 0.00000300. The summed E-state index contributed by atoms with van der Waals surface area (Å²) >= 11 is 1.78. The fourth-order valence-electron chi connectivity index (χ4n) is 3.12. The van der Waals surface area contributed by atoms with Gasteiger partial charge in [0, 0.05) is 51.9 Å². The van der Waals surface area contributed by atoms with E-state index in [9.17, 15) is 4.79 Å². The first-order valence-corrected chi connectivity index (χ1v) is 10.3. The largest absolute Gasteiger partial charge is 0.497 e. The Morgan fingerprint density at radius 1 is 1.10 bits per heavy atom. The van der Waals surface area contributed by atoms with E-state index < -0.39 is 0 Å². The summed E-state index contributed by atoms with van der Waals surface area (Å²) in [4.78, 5) is 21.2. The molecule has 1 aromatic heterocycles. The number of anilines is 1. The summed E-state index contributed by atoms with van der Waals surface area (Å²) in [5, 5.41) is 9.70. The van der Waals surface area contributed by atoms with Crippen LogP contribution < -0.4 is 20.3 Å². The van der Waals surface area contributed by atoms with Crippen molar-refractivity contribution in [2.75, 3.05) is 58.3 Å². The first-order valence-electron chi connectivity index (χ1n) is 9.37. The molecule has 2 heterocycles. The van der Waals surface area contributed by atoms with Crippen LogP contribution in [0, 0.1) is 0 Å². The molecule has 0 radical (unpaired) electrons. The number of methoxy groups -OCH3 is 1. The topological polar surface area (TPSA) is 69.2 Å². The number of ether oxygens (including phenoxy) is 1. The molecule has 29 heavy (non-hydrogen) atoms. The van der Waals surface area contributed by atoms with Gasteiger partial charge in [0.25, 0.3) is 5.91 Å². The van der Waals surface area contributed by atoms with Crippen molar-refractivity contribution in [3.63, 3.8) is 0 Å². The van der Waals surface area contributed by atoms with E-state index in [4.69, 9.17) is 4.74 Å². The molecule has 158 valence electrons. The van der Waals surface area contributed by atoms with Gasteiger partial charge in [-0.3, -0.25) is 9.79 Å².